The van der Waals surface area contributed by atoms with Crippen molar-refractivity contribution in [1.29, 1.82) is 0 Å². The van der Waals surface area contributed by atoms with Crippen LogP contribution in [0.3, 0.4) is 0 Å². The first-order valence-corrected chi connectivity index (χ1v) is 10.7. The van der Waals surface area contributed by atoms with Gasteiger partial charge in [0.25, 0.3) is 6.02 Å². The highest BCUT2D eigenvalue weighted by Crippen LogP contribution is 2.65. The van der Waals surface area contributed by atoms with Crippen molar-refractivity contribution in [2.24, 2.45) is 22.1 Å². The summed E-state index contributed by atoms with van der Waals surface area (Å²) in [6.45, 7) is 2.20. The van der Waals surface area contributed by atoms with Crippen molar-refractivity contribution in [1.82, 2.24) is 4.98 Å². The summed E-state index contributed by atoms with van der Waals surface area (Å²) in [6.07, 6.45) is 5.19. The van der Waals surface area contributed by atoms with Crippen molar-refractivity contribution in [3.63, 3.8) is 0 Å². The molecule has 1 unspecified atom stereocenters. The Morgan fingerprint density at radius 3 is 2.68 bits per heavy atom. The molecular formula is C23H25B2N3O3. The van der Waals surface area contributed by atoms with E-state index in [9.17, 15) is 4.79 Å². The van der Waals surface area contributed by atoms with E-state index in [1.54, 1.807) is 19.4 Å². The number of ether oxygens (including phenoxy) is 2. The number of nitrogens with two attached hydrogens (primary N) is 1. The number of aromatic nitrogens is 1. The Balaban J connectivity index is 1.70. The molecule has 2 spiro atoms. The summed E-state index contributed by atoms with van der Waals surface area (Å²) in [6, 6.07) is 9.63. The normalized spacial score (nSPS) is 33.3. The molecule has 156 valence electrons. The van der Waals surface area contributed by atoms with E-state index in [2.05, 4.69) is 18.0 Å². The van der Waals surface area contributed by atoms with Gasteiger partial charge in [0.2, 0.25) is 5.56 Å². The fourth-order valence-electron chi connectivity index (χ4n) is 6.37. The van der Waals surface area contributed by atoms with Gasteiger partial charge < -0.3 is 20.2 Å². The molecule has 4 radical (unpaired) electrons. The minimum atomic E-state index is -1.57. The average molecular weight is 413 g/mol. The third kappa shape index (κ3) is 2.77. The summed E-state index contributed by atoms with van der Waals surface area (Å²) in [5.41, 5.74) is 8.35. The molecule has 2 heterocycles. The van der Waals surface area contributed by atoms with Gasteiger partial charge in [0.1, 0.15) is 21.2 Å². The number of hydrogen-bond acceptors (Lipinski definition) is 5. The molecule has 1 fully saturated rings. The molecular weight excluding hydrogens is 388 g/mol. The zero-order valence-electron chi connectivity index (χ0n) is 17.9. The fraction of sp³-hybridized carbons (Fsp3) is 0.478. The zero-order chi connectivity index (χ0) is 22.0. The monoisotopic (exact) mass is 413 g/mol. The lowest BCUT2D eigenvalue weighted by molar-refractivity contribution is -0.0559. The number of aromatic amines is 1. The van der Waals surface area contributed by atoms with Crippen LogP contribution < -0.4 is 11.3 Å². The Hall–Kier alpha value is -2.47. The van der Waals surface area contributed by atoms with Crippen LogP contribution in [0.2, 0.25) is 0 Å². The number of fused-ring (bicyclic) bond motifs is 3. The SMILES string of the molecule is [B]C1([B])OC(N)=NC12c1cc(-c3cc[nH]c(=O)c3)ccc1C[C@@]21CC[C@H](OC)[C@@H](C)C1. The molecule has 8 heteroatoms. The number of pyridine rings is 1. The van der Waals surface area contributed by atoms with Crippen LogP contribution in [0.5, 0.6) is 0 Å². The maximum absolute atomic E-state index is 11.9. The number of H-pyrrole nitrogens is 1. The number of aliphatic imine (C=N–C) groups is 1. The van der Waals surface area contributed by atoms with Crippen molar-refractivity contribution < 1.29 is 9.47 Å². The van der Waals surface area contributed by atoms with Gasteiger partial charge >= 0.3 is 0 Å². The topological polar surface area (TPSA) is 89.7 Å². The predicted octanol–water partition coefficient (Wildman–Crippen LogP) is 1.95. The van der Waals surface area contributed by atoms with E-state index in [0.29, 0.717) is 5.92 Å². The lowest BCUT2D eigenvalue weighted by atomic mass is 9.44. The van der Waals surface area contributed by atoms with Crippen LogP contribution in [-0.2, 0) is 21.4 Å². The van der Waals surface area contributed by atoms with E-state index in [-0.39, 0.29) is 23.1 Å². The lowest BCUT2D eigenvalue weighted by Gasteiger charge is -2.53. The van der Waals surface area contributed by atoms with Gasteiger partial charge in [-0.25, -0.2) is 4.99 Å². The third-order valence-corrected chi connectivity index (χ3v) is 7.58. The molecule has 1 aromatic carbocycles. The number of amidine groups is 1. The Kier molecular flexibility index (Phi) is 4.46. The van der Waals surface area contributed by atoms with Crippen molar-refractivity contribution in [2.45, 2.75) is 49.6 Å². The van der Waals surface area contributed by atoms with Crippen LogP contribution in [-0.4, -0.2) is 45.3 Å². The molecule has 4 atom stereocenters. The van der Waals surface area contributed by atoms with Gasteiger partial charge in [-0.1, -0.05) is 19.1 Å². The summed E-state index contributed by atoms with van der Waals surface area (Å²) in [4.78, 5) is 19.4. The highest BCUT2D eigenvalue weighted by Gasteiger charge is 2.68. The summed E-state index contributed by atoms with van der Waals surface area (Å²) in [5, 5.41) is -1.57. The van der Waals surface area contributed by atoms with E-state index in [1.807, 2.05) is 18.2 Å². The highest BCUT2D eigenvalue weighted by atomic mass is 16.5. The van der Waals surface area contributed by atoms with Crippen molar-refractivity contribution >= 4 is 21.7 Å². The van der Waals surface area contributed by atoms with E-state index < -0.39 is 10.9 Å². The number of rotatable bonds is 2. The smallest absolute Gasteiger partial charge is 0.281 e. The van der Waals surface area contributed by atoms with Gasteiger partial charge in [-0.05, 0) is 66.0 Å². The van der Waals surface area contributed by atoms with Crippen LogP contribution in [0.15, 0.2) is 46.3 Å². The molecule has 5 rings (SSSR count). The molecule has 0 saturated heterocycles. The summed E-state index contributed by atoms with van der Waals surface area (Å²) in [7, 11) is 15.0. The van der Waals surface area contributed by atoms with Crippen LogP contribution in [0.25, 0.3) is 11.1 Å². The Morgan fingerprint density at radius 1 is 1.26 bits per heavy atom. The average Bonchev–Trinajstić information content (AvgIpc) is 3.12. The van der Waals surface area contributed by atoms with E-state index in [0.717, 1.165) is 47.9 Å². The molecule has 0 bridgehead atoms. The Bertz CT molecular complexity index is 1130. The van der Waals surface area contributed by atoms with Crippen LogP contribution in [0.4, 0.5) is 0 Å². The fourth-order valence-corrected chi connectivity index (χ4v) is 6.37. The largest absolute Gasteiger partial charge is 0.476 e. The maximum atomic E-state index is 11.9. The standard InChI is InChI=1S/C23H25B2N3O3/c1-13-11-21(7-5-18(13)30-2)12-16-4-3-14(15-6-8-27-19(29)10-15)9-17(16)22(21)23(24,25)31-20(26)28-22/h3-4,6,8-10,13,18H,5,7,11-12H2,1-2H3,(H2,26,28)(H,27,29)/t13-,18-,21-,22?/m0/s1. The molecule has 6 nitrogen and oxygen atoms in total. The molecule has 1 aromatic heterocycles. The lowest BCUT2D eigenvalue weighted by Crippen LogP contribution is -2.60. The van der Waals surface area contributed by atoms with E-state index in [1.165, 1.54) is 0 Å². The first-order chi connectivity index (χ1) is 14.7. The van der Waals surface area contributed by atoms with Crippen molar-refractivity contribution in [3.05, 3.63) is 58.0 Å². The Morgan fingerprint density at radius 2 is 2.03 bits per heavy atom. The summed E-state index contributed by atoms with van der Waals surface area (Å²) in [5.74, 6) is 0.310. The first-order valence-electron chi connectivity index (χ1n) is 10.7. The minimum absolute atomic E-state index is 0.0142. The van der Waals surface area contributed by atoms with Crippen LogP contribution in [0, 0.1) is 11.3 Å². The highest BCUT2D eigenvalue weighted by molar-refractivity contribution is 6.41. The van der Waals surface area contributed by atoms with Gasteiger partial charge in [-0.3, -0.25) is 4.79 Å². The third-order valence-electron chi connectivity index (χ3n) is 7.58. The Labute approximate surface area is 184 Å². The first kappa shape index (κ1) is 20.4. The molecule has 1 saturated carbocycles. The number of hydrogen-bond donors (Lipinski definition) is 2. The van der Waals surface area contributed by atoms with Gasteiger partial charge in [0.05, 0.1) is 11.5 Å². The molecule has 2 aliphatic carbocycles. The van der Waals surface area contributed by atoms with Crippen LogP contribution in [0.1, 0.15) is 37.3 Å². The quantitative estimate of drug-likeness (QED) is 0.737. The summed E-state index contributed by atoms with van der Waals surface area (Å²) >= 11 is 0. The molecule has 0 amide bonds. The minimum Gasteiger partial charge on any atom is -0.476 e. The predicted molar refractivity (Wildman–Crippen MR) is 121 cm³/mol. The zero-order valence-corrected chi connectivity index (χ0v) is 17.9. The van der Waals surface area contributed by atoms with Gasteiger partial charge in [-0.15, -0.1) is 0 Å². The molecule has 1 aliphatic heterocycles. The van der Waals surface area contributed by atoms with Crippen molar-refractivity contribution in [2.75, 3.05) is 7.11 Å². The maximum Gasteiger partial charge on any atom is 0.281 e. The number of nitrogens with one attached hydrogen (secondary N) is 1. The number of benzene rings is 1. The van der Waals surface area contributed by atoms with Crippen molar-refractivity contribution in [3.8, 4) is 11.1 Å². The second-order valence-corrected chi connectivity index (χ2v) is 9.32. The second kappa shape index (κ2) is 6.76. The number of methoxy groups -OCH3 is 1. The van der Waals surface area contributed by atoms with Gasteiger partial charge in [0.15, 0.2) is 0 Å². The summed E-state index contributed by atoms with van der Waals surface area (Å²) < 4.78 is 11.4. The number of nitrogens with zero attached hydrogens (tertiary/aromatic N) is 1. The molecule has 3 aliphatic rings. The van der Waals surface area contributed by atoms with E-state index in [4.69, 9.17) is 35.9 Å². The molecule has 2 aromatic rings. The van der Waals surface area contributed by atoms with Gasteiger partial charge in [-0.2, -0.15) is 0 Å². The second-order valence-electron chi connectivity index (χ2n) is 9.32. The van der Waals surface area contributed by atoms with Crippen LogP contribution >= 0.6 is 0 Å². The van der Waals surface area contributed by atoms with Gasteiger partial charge in [0, 0.05) is 24.8 Å². The van der Waals surface area contributed by atoms with E-state index >= 15 is 0 Å². The molecule has 31 heavy (non-hydrogen) atoms. The molecule has 3 N–H and O–H groups in total.